The first-order chi connectivity index (χ1) is 3.81. The Morgan fingerprint density at radius 3 is 2.62 bits per heavy atom. The van der Waals surface area contributed by atoms with Crippen molar-refractivity contribution in [1.29, 1.82) is 0 Å². The Bertz CT molecular complexity index is 47.8. The zero-order valence-electron chi connectivity index (χ0n) is 5.48. The molecule has 0 aliphatic carbocycles. The highest BCUT2D eigenvalue weighted by Crippen LogP contribution is 1.91. The molecule has 0 saturated carbocycles. The van der Waals surface area contributed by atoms with Crippen LogP contribution in [0, 0.1) is 0 Å². The van der Waals surface area contributed by atoms with Crippen LogP contribution in [0.25, 0.3) is 0 Å². The van der Waals surface area contributed by atoms with Gasteiger partial charge in [0, 0.05) is 6.61 Å². The molecule has 1 unspecified atom stereocenters. The second-order valence-corrected chi connectivity index (χ2v) is 1.84. The van der Waals surface area contributed by atoms with Crippen LogP contribution in [0.1, 0.15) is 20.3 Å². The Morgan fingerprint density at radius 2 is 2.25 bits per heavy atom. The normalized spacial score (nSPS) is 13.9. The highest BCUT2D eigenvalue weighted by Gasteiger charge is 1.96. The highest BCUT2D eigenvalue weighted by molar-refractivity contribution is 4.42. The van der Waals surface area contributed by atoms with Gasteiger partial charge in [0.05, 0.1) is 6.10 Å². The summed E-state index contributed by atoms with van der Waals surface area (Å²) in [5.41, 5.74) is 0. The number of rotatable bonds is 4. The Morgan fingerprint density at radius 1 is 1.62 bits per heavy atom. The molecule has 0 aromatic rings. The third-order valence-electron chi connectivity index (χ3n) is 0.824. The minimum Gasteiger partial charge on any atom is -0.376 e. The molecule has 0 aromatic carbocycles. The van der Waals surface area contributed by atoms with Crippen LogP contribution in [-0.4, -0.2) is 19.4 Å². The van der Waals surface area contributed by atoms with Crippen molar-refractivity contribution in [3.05, 3.63) is 0 Å². The molecule has 0 N–H and O–H groups in total. The van der Waals surface area contributed by atoms with Gasteiger partial charge in [0.1, 0.15) is 6.67 Å². The van der Waals surface area contributed by atoms with Gasteiger partial charge in [0.15, 0.2) is 0 Å². The first-order valence-electron chi connectivity index (χ1n) is 2.98. The minimum absolute atomic E-state index is 0.213. The zero-order valence-corrected chi connectivity index (χ0v) is 5.48. The predicted molar refractivity (Wildman–Crippen MR) is 31.7 cm³/mol. The van der Waals surface area contributed by atoms with Crippen molar-refractivity contribution < 1.29 is 9.13 Å². The maximum absolute atomic E-state index is 11.6. The Hall–Kier alpha value is -0.110. The van der Waals surface area contributed by atoms with Crippen LogP contribution in [-0.2, 0) is 4.74 Å². The molecule has 0 saturated heterocycles. The monoisotopic (exact) mass is 120 g/mol. The zero-order chi connectivity index (χ0) is 6.41. The summed E-state index contributed by atoms with van der Waals surface area (Å²) in [7, 11) is 0. The second-order valence-electron chi connectivity index (χ2n) is 1.84. The van der Waals surface area contributed by atoms with E-state index in [1.807, 2.05) is 6.92 Å². The molecule has 0 fully saturated rings. The molecule has 2 heteroatoms. The van der Waals surface area contributed by atoms with Gasteiger partial charge in [0.2, 0.25) is 0 Å². The molecule has 1 nitrogen and oxygen atoms in total. The van der Waals surface area contributed by atoms with E-state index in [1.54, 1.807) is 6.92 Å². The maximum atomic E-state index is 11.6. The largest absolute Gasteiger partial charge is 0.376 e. The van der Waals surface area contributed by atoms with E-state index in [4.69, 9.17) is 4.74 Å². The molecular weight excluding hydrogens is 107 g/mol. The predicted octanol–water partition coefficient (Wildman–Crippen LogP) is 1.77. The fourth-order valence-corrected chi connectivity index (χ4v) is 0.364. The SMILES string of the molecule is CCCOC(C)CF. The molecule has 8 heavy (non-hydrogen) atoms. The van der Waals surface area contributed by atoms with Gasteiger partial charge >= 0.3 is 0 Å². The van der Waals surface area contributed by atoms with E-state index in [-0.39, 0.29) is 12.8 Å². The smallest absolute Gasteiger partial charge is 0.115 e. The lowest BCUT2D eigenvalue weighted by molar-refractivity contribution is 0.0490. The number of hydrogen-bond acceptors (Lipinski definition) is 1. The molecule has 0 heterocycles. The lowest BCUT2D eigenvalue weighted by Gasteiger charge is -2.05. The highest BCUT2D eigenvalue weighted by atomic mass is 19.1. The number of hydrogen-bond donors (Lipinski definition) is 0. The third kappa shape index (κ3) is 4.06. The van der Waals surface area contributed by atoms with Crippen molar-refractivity contribution in [2.45, 2.75) is 26.4 Å². The molecule has 0 amide bonds. The quantitative estimate of drug-likeness (QED) is 0.549. The first kappa shape index (κ1) is 7.89. The van der Waals surface area contributed by atoms with Gasteiger partial charge in [-0.2, -0.15) is 0 Å². The third-order valence-corrected chi connectivity index (χ3v) is 0.824. The van der Waals surface area contributed by atoms with Gasteiger partial charge < -0.3 is 4.74 Å². The van der Waals surface area contributed by atoms with Crippen LogP contribution < -0.4 is 0 Å². The fourth-order valence-electron chi connectivity index (χ4n) is 0.364. The first-order valence-corrected chi connectivity index (χ1v) is 2.98. The summed E-state index contributed by atoms with van der Waals surface area (Å²) in [6.07, 6.45) is 0.750. The van der Waals surface area contributed by atoms with Crippen molar-refractivity contribution in [2.24, 2.45) is 0 Å². The van der Waals surface area contributed by atoms with E-state index in [1.165, 1.54) is 0 Å². The average Bonchev–Trinajstić information content (AvgIpc) is 1.83. The standard InChI is InChI=1S/C6H13FO/c1-3-4-8-6(2)5-7/h6H,3-5H2,1-2H3. The van der Waals surface area contributed by atoms with E-state index in [2.05, 4.69) is 0 Å². The maximum Gasteiger partial charge on any atom is 0.115 e. The number of alkyl halides is 1. The van der Waals surface area contributed by atoms with E-state index >= 15 is 0 Å². The van der Waals surface area contributed by atoms with Crippen LogP contribution in [0.3, 0.4) is 0 Å². The Kier molecular flexibility index (Phi) is 4.97. The molecule has 0 aliphatic rings. The van der Waals surface area contributed by atoms with Crippen LogP contribution in [0.4, 0.5) is 4.39 Å². The average molecular weight is 120 g/mol. The number of halogens is 1. The number of ether oxygens (including phenoxy) is 1. The lowest BCUT2D eigenvalue weighted by atomic mass is 10.4. The van der Waals surface area contributed by atoms with E-state index in [0.29, 0.717) is 6.61 Å². The fraction of sp³-hybridized carbons (Fsp3) is 1.00. The summed E-state index contributed by atoms with van der Waals surface area (Å²) in [4.78, 5) is 0. The van der Waals surface area contributed by atoms with Crippen molar-refractivity contribution >= 4 is 0 Å². The molecule has 0 spiro atoms. The van der Waals surface area contributed by atoms with Crippen molar-refractivity contribution in [1.82, 2.24) is 0 Å². The van der Waals surface area contributed by atoms with Crippen LogP contribution in [0.15, 0.2) is 0 Å². The van der Waals surface area contributed by atoms with E-state index < -0.39 is 0 Å². The molecule has 0 aromatic heterocycles. The summed E-state index contributed by atoms with van der Waals surface area (Å²) in [5.74, 6) is 0. The van der Waals surface area contributed by atoms with Gasteiger partial charge in [0.25, 0.3) is 0 Å². The Labute approximate surface area is 49.8 Å². The molecular formula is C6H13FO. The molecule has 0 radical (unpaired) electrons. The van der Waals surface area contributed by atoms with Gasteiger partial charge in [-0.3, -0.25) is 0 Å². The van der Waals surface area contributed by atoms with E-state index in [0.717, 1.165) is 6.42 Å². The second kappa shape index (κ2) is 5.04. The van der Waals surface area contributed by atoms with Crippen molar-refractivity contribution in [3.63, 3.8) is 0 Å². The minimum atomic E-state index is -0.375. The van der Waals surface area contributed by atoms with Crippen molar-refractivity contribution in [2.75, 3.05) is 13.3 Å². The summed E-state index contributed by atoms with van der Waals surface area (Å²) in [5, 5.41) is 0. The molecule has 50 valence electrons. The van der Waals surface area contributed by atoms with Gasteiger partial charge in [-0.15, -0.1) is 0 Å². The van der Waals surface area contributed by atoms with Crippen LogP contribution >= 0.6 is 0 Å². The Balaban J connectivity index is 2.86. The molecule has 0 rings (SSSR count). The summed E-state index contributed by atoms with van der Waals surface area (Å²) < 4.78 is 16.6. The molecule has 0 aliphatic heterocycles. The summed E-state index contributed by atoms with van der Waals surface area (Å²) in [6, 6.07) is 0. The van der Waals surface area contributed by atoms with Crippen LogP contribution in [0.2, 0.25) is 0 Å². The molecule has 1 atom stereocenters. The van der Waals surface area contributed by atoms with Crippen molar-refractivity contribution in [3.8, 4) is 0 Å². The van der Waals surface area contributed by atoms with Gasteiger partial charge in [-0.25, -0.2) is 4.39 Å². The molecule has 0 bridgehead atoms. The summed E-state index contributed by atoms with van der Waals surface area (Å²) in [6.45, 7) is 4.03. The van der Waals surface area contributed by atoms with Gasteiger partial charge in [-0.1, -0.05) is 6.92 Å². The van der Waals surface area contributed by atoms with Gasteiger partial charge in [-0.05, 0) is 13.3 Å². The van der Waals surface area contributed by atoms with Crippen LogP contribution in [0.5, 0.6) is 0 Å². The lowest BCUT2D eigenvalue weighted by Crippen LogP contribution is -2.10. The van der Waals surface area contributed by atoms with E-state index in [9.17, 15) is 4.39 Å². The summed E-state index contributed by atoms with van der Waals surface area (Å²) >= 11 is 0. The topological polar surface area (TPSA) is 9.23 Å².